The fourth-order valence-corrected chi connectivity index (χ4v) is 2.20. The Bertz CT molecular complexity index is 403. The lowest BCUT2D eigenvalue weighted by atomic mass is 9.95. The van der Waals surface area contributed by atoms with E-state index in [0.717, 1.165) is 12.8 Å². The highest BCUT2D eigenvalue weighted by molar-refractivity contribution is 5.96. The van der Waals surface area contributed by atoms with Crippen molar-refractivity contribution < 1.29 is 9.53 Å². The van der Waals surface area contributed by atoms with Crippen LogP contribution in [0, 0.1) is 5.92 Å². The lowest BCUT2D eigenvalue weighted by Gasteiger charge is -2.21. The van der Waals surface area contributed by atoms with Gasteiger partial charge in [-0.05, 0) is 18.1 Å². The standard InChI is InChI=1S/C15H24N2O2/c1-4-11(5-2)13(16)10-17-15(18)12-8-6-7-9-14(12)19-3/h6-9,11,13H,4-5,10,16H2,1-3H3,(H,17,18). The van der Waals surface area contributed by atoms with Gasteiger partial charge in [0.1, 0.15) is 5.75 Å². The Balaban J connectivity index is 2.60. The van der Waals surface area contributed by atoms with Crippen molar-refractivity contribution in [3.05, 3.63) is 29.8 Å². The van der Waals surface area contributed by atoms with Crippen LogP contribution in [0.25, 0.3) is 0 Å². The van der Waals surface area contributed by atoms with Gasteiger partial charge in [0.2, 0.25) is 0 Å². The van der Waals surface area contributed by atoms with E-state index < -0.39 is 0 Å². The topological polar surface area (TPSA) is 64.3 Å². The van der Waals surface area contributed by atoms with Crippen LogP contribution in [0.2, 0.25) is 0 Å². The summed E-state index contributed by atoms with van der Waals surface area (Å²) in [5, 5.41) is 2.88. The molecule has 3 N–H and O–H groups in total. The summed E-state index contributed by atoms with van der Waals surface area (Å²) in [7, 11) is 1.56. The van der Waals surface area contributed by atoms with Crippen molar-refractivity contribution in [1.82, 2.24) is 5.32 Å². The van der Waals surface area contributed by atoms with Crippen molar-refractivity contribution in [1.29, 1.82) is 0 Å². The Kier molecular flexibility index (Phi) is 6.36. The number of para-hydroxylation sites is 1. The third-order valence-corrected chi connectivity index (χ3v) is 3.50. The van der Waals surface area contributed by atoms with Gasteiger partial charge in [0.05, 0.1) is 12.7 Å². The van der Waals surface area contributed by atoms with Crippen LogP contribution in [0.4, 0.5) is 0 Å². The number of hydrogen-bond donors (Lipinski definition) is 2. The molecule has 1 aromatic carbocycles. The first-order chi connectivity index (χ1) is 9.13. The van der Waals surface area contributed by atoms with Gasteiger partial charge in [-0.1, -0.05) is 38.8 Å². The molecule has 4 heteroatoms. The molecule has 19 heavy (non-hydrogen) atoms. The molecule has 1 rings (SSSR count). The minimum atomic E-state index is -0.140. The molecule has 106 valence electrons. The molecule has 1 amide bonds. The van der Waals surface area contributed by atoms with E-state index in [9.17, 15) is 4.79 Å². The van der Waals surface area contributed by atoms with Gasteiger partial charge < -0.3 is 15.8 Å². The number of nitrogens with one attached hydrogen (secondary N) is 1. The quantitative estimate of drug-likeness (QED) is 0.793. The molecule has 0 bridgehead atoms. The Labute approximate surface area is 115 Å². The molecule has 1 atom stereocenters. The van der Waals surface area contributed by atoms with E-state index in [0.29, 0.717) is 23.8 Å². The van der Waals surface area contributed by atoms with Gasteiger partial charge >= 0.3 is 0 Å². The summed E-state index contributed by atoms with van der Waals surface area (Å²) in [6.07, 6.45) is 2.06. The van der Waals surface area contributed by atoms with E-state index in [-0.39, 0.29) is 11.9 Å². The predicted octanol–water partition coefficient (Wildman–Crippen LogP) is 2.19. The Morgan fingerprint density at radius 3 is 2.53 bits per heavy atom. The summed E-state index contributed by atoms with van der Waals surface area (Å²) in [6.45, 7) is 4.73. The molecule has 0 spiro atoms. The third-order valence-electron chi connectivity index (χ3n) is 3.50. The summed E-state index contributed by atoms with van der Waals surface area (Å²) in [5.74, 6) is 0.882. The largest absolute Gasteiger partial charge is 0.496 e. The normalized spacial score (nSPS) is 12.3. The molecule has 0 aliphatic rings. The molecule has 0 saturated carbocycles. The Hall–Kier alpha value is -1.55. The van der Waals surface area contributed by atoms with Crippen LogP contribution in [-0.2, 0) is 0 Å². The maximum atomic E-state index is 12.1. The predicted molar refractivity (Wildman–Crippen MR) is 77.4 cm³/mol. The average molecular weight is 264 g/mol. The van der Waals surface area contributed by atoms with Gasteiger partial charge in [-0.2, -0.15) is 0 Å². The number of carbonyl (C=O) groups excluding carboxylic acids is 1. The number of carbonyl (C=O) groups is 1. The van der Waals surface area contributed by atoms with Crippen molar-refractivity contribution in [2.24, 2.45) is 11.7 Å². The van der Waals surface area contributed by atoms with E-state index >= 15 is 0 Å². The Morgan fingerprint density at radius 1 is 1.32 bits per heavy atom. The second-order valence-electron chi connectivity index (χ2n) is 4.65. The lowest BCUT2D eigenvalue weighted by Crippen LogP contribution is -2.41. The SMILES string of the molecule is CCC(CC)C(N)CNC(=O)c1ccccc1OC. The molecule has 1 unspecified atom stereocenters. The molecular weight excluding hydrogens is 240 g/mol. The lowest BCUT2D eigenvalue weighted by molar-refractivity contribution is 0.0945. The number of ether oxygens (including phenoxy) is 1. The van der Waals surface area contributed by atoms with Crippen molar-refractivity contribution >= 4 is 5.91 Å². The summed E-state index contributed by atoms with van der Waals surface area (Å²) in [6, 6.07) is 7.17. The monoisotopic (exact) mass is 264 g/mol. The molecule has 0 heterocycles. The number of methoxy groups -OCH3 is 1. The van der Waals surface area contributed by atoms with E-state index in [1.165, 1.54) is 0 Å². The zero-order valence-corrected chi connectivity index (χ0v) is 12.0. The first-order valence-electron chi connectivity index (χ1n) is 6.80. The fourth-order valence-electron chi connectivity index (χ4n) is 2.20. The number of benzene rings is 1. The maximum Gasteiger partial charge on any atom is 0.255 e. The first kappa shape index (κ1) is 15.5. The van der Waals surface area contributed by atoms with Gasteiger partial charge in [0, 0.05) is 12.6 Å². The van der Waals surface area contributed by atoms with Crippen LogP contribution in [0.1, 0.15) is 37.0 Å². The Morgan fingerprint density at radius 2 is 1.95 bits per heavy atom. The van der Waals surface area contributed by atoms with Crippen LogP contribution in [0.5, 0.6) is 5.75 Å². The summed E-state index contributed by atoms with van der Waals surface area (Å²) in [4.78, 5) is 12.1. The van der Waals surface area contributed by atoms with Gasteiger partial charge in [0.25, 0.3) is 5.91 Å². The number of nitrogens with two attached hydrogens (primary N) is 1. The van der Waals surface area contributed by atoms with Crippen molar-refractivity contribution in [2.75, 3.05) is 13.7 Å². The molecule has 0 aromatic heterocycles. The zero-order chi connectivity index (χ0) is 14.3. The van der Waals surface area contributed by atoms with E-state index in [1.54, 1.807) is 19.2 Å². The highest BCUT2D eigenvalue weighted by Gasteiger charge is 2.16. The van der Waals surface area contributed by atoms with Gasteiger partial charge in [-0.25, -0.2) is 0 Å². The van der Waals surface area contributed by atoms with E-state index in [2.05, 4.69) is 19.2 Å². The van der Waals surface area contributed by atoms with Gasteiger partial charge in [-0.15, -0.1) is 0 Å². The van der Waals surface area contributed by atoms with Gasteiger partial charge in [0.15, 0.2) is 0 Å². The van der Waals surface area contributed by atoms with Crippen molar-refractivity contribution in [3.63, 3.8) is 0 Å². The second-order valence-corrected chi connectivity index (χ2v) is 4.65. The zero-order valence-electron chi connectivity index (χ0n) is 12.0. The van der Waals surface area contributed by atoms with E-state index in [4.69, 9.17) is 10.5 Å². The van der Waals surface area contributed by atoms with Crippen LogP contribution >= 0.6 is 0 Å². The van der Waals surface area contributed by atoms with Crippen LogP contribution in [0.15, 0.2) is 24.3 Å². The van der Waals surface area contributed by atoms with Crippen LogP contribution in [0.3, 0.4) is 0 Å². The van der Waals surface area contributed by atoms with Crippen molar-refractivity contribution in [2.45, 2.75) is 32.7 Å². The molecule has 4 nitrogen and oxygen atoms in total. The highest BCUT2D eigenvalue weighted by atomic mass is 16.5. The molecule has 0 fully saturated rings. The molecule has 0 aliphatic heterocycles. The summed E-state index contributed by atoms with van der Waals surface area (Å²) >= 11 is 0. The molecular formula is C15H24N2O2. The van der Waals surface area contributed by atoms with Gasteiger partial charge in [-0.3, -0.25) is 4.79 Å². The molecule has 0 aliphatic carbocycles. The first-order valence-corrected chi connectivity index (χ1v) is 6.80. The molecule has 1 aromatic rings. The minimum Gasteiger partial charge on any atom is -0.496 e. The van der Waals surface area contributed by atoms with Crippen LogP contribution in [-0.4, -0.2) is 25.6 Å². The van der Waals surface area contributed by atoms with Crippen molar-refractivity contribution in [3.8, 4) is 5.75 Å². The number of amides is 1. The maximum absolute atomic E-state index is 12.1. The summed E-state index contributed by atoms with van der Waals surface area (Å²) < 4.78 is 5.17. The average Bonchev–Trinajstić information content (AvgIpc) is 2.45. The summed E-state index contributed by atoms with van der Waals surface area (Å²) in [5.41, 5.74) is 6.63. The fraction of sp³-hybridized carbons (Fsp3) is 0.533. The molecule has 0 radical (unpaired) electrons. The minimum absolute atomic E-state index is 0.00587. The smallest absolute Gasteiger partial charge is 0.255 e. The molecule has 0 saturated heterocycles. The number of hydrogen-bond acceptors (Lipinski definition) is 3. The van der Waals surface area contributed by atoms with E-state index in [1.807, 2.05) is 12.1 Å². The third kappa shape index (κ3) is 4.24. The highest BCUT2D eigenvalue weighted by Crippen LogP contribution is 2.17. The van der Waals surface area contributed by atoms with Crippen LogP contribution < -0.4 is 15.8 Å². The number of rotatable bonds is 7. The second kappa shape index (κ2) is 7.79.